The lowest BCUT2D eigenvalue weighted by Gasteiger charge is -2.29. The lowest BCUT2D eigenvalue weighted by Crippen LogP contribution is -2.46. The topological polar surface area (TPSA) is 47.6 Å². The van der Waals surface area contributed by atoms with Crippen LogP contribution in [-0.2, 0) is 20.7 Å². The summed E-state index contributed by atoms with van der Waals surface area (Å²) in [5.41, 5.74) is 3.61. The zero-order valence-electron chi connectivity index (χ0n) is 15.0. The van der Waals surface area contributed by atoms with E-state index in [9.17, 15) is 4.79 Å². The van der Waals surface area contributed by atoms with Gasteiger partial charge in [0.25, 0.3) is 0 Å². The van der Waals surface area contributed by atoms with E-state index < -0.39 is 5.60 Å². The van der Waals surface area contributed by atoms with E-state index >= 15 is 0 Å². The van der Waals surface area contributed by atoms with E-state index in [1.54, 1.807) is 7.11 Å². The van der Waals surface area contributed by atoms with Gasteiger partial charge in [0, 0.05) is 26.3 Å². The molecule has 1 aliphatic carbocycles. The maximum Gasteiger partial charge on any atom is 0.338 e. The number of hydrogen-bond donors (Lipinski definition) is 1. The highest BCUT2D eigenvalue weighted by Gasteiger charge is 2.52. The second kappa shape index (κ2) is 7.28. The Morgan fingerprint density at radius 1 is 1.12 bits per heavy atom. The smallest absolute Gasteiger partial charge is 0.338 e. The molecular formula is C21H25NO3. The Balaban J connectivity index is 1.83. The molecule has 0 radical (unpaired) electrons. The van der Waals surface area contributed by atoms with Gasteiger partial charge < -0.3 is 14.8 Å². The zero-order valence-corrected chi connectivity index (χ0v) is 15.0. The van der Waals surface area contributed by atoms with Crippen LogP contribution < -0.4 is 5.32 Å². The number of carbonyl (C=O) groups is 1. The van der Waals surface area contributed by atoms with Gasteiger partial charge in [-0.3, -0.25) is 0 Å². The number of esters is 1. The molecular weight excluding hydrogens is 314 g/mol. The van der Waals surface area contributed by atoms with Gasteiger partial charge in [-0.05, 0) is 47.6 Å². The van der Waals surface area contributed by atoms with Crippen LogP contribution in [0.15, 0.2) is 48.5 Å². The summed E-state index contributed by atoms with van der Waals surface area (Å²) in [6, 6.07) is 16.6. The number of hydrogen-bond acceptors (Lipinski definition) is 4. The van der Waals surface area contributed by atoms with E-state index in [4.69, 9.17) is 9.47 Å². The first-order valence-electron chi connectivity index (χ1n) is 8.63. The standard InChI is InChI=1S/C21H25NO3/c1-22-19-6-4-5-17(13-19)16-9-7-15(8-10-16)14-21(25-3,18-11-12-18)20(23)24-2/h4-10,13,18,22H,11-12,14H2,1-3H3/t21-/m0/s1. The minimum absolute atomic E-state index is 0.247. The van der Waals surface area contributed by atoms with Crippen molar-refractivity contribution in [2.45, 2.75) is 24.9 Å². The monoisotopic (exact) mass is 339 g/mol. The largest absolute Gasteiger partial charge is 0.467 e. The van der Waals surface area contributed by atoms with Crippen molar-refractivity contribution < 1.29 is 14.3 Å². The normalized spacial score (nSPS) is 16.1. The van der Waals surface area contributed by atoms with Crippen molar-refractivity contribution >= 4 is 11.7 Å². The van der Waals surface area contributed by atoms with Gasteiger partial charge in [0.1, 0.15) is 0 Å². The lowest BCUT2D eigenvalue weighted by atomic mass is 9.88. The van der Waals surface area contributed by atoms with E-state index in [0.717, 1.165) is 35.2 Å². The van der Waals surface area contributed by atoms with Crippen LogP contribution in [0.2, 0.25) is 0 Å². The molecule has 1 saturated carbocycles. The molecule has 0 saturated heterocycles. The van der Waals surface area contributed by atoms with Crippen LogP contribution in [0.4, 0.5) is 5.69 Å². The molecule has 0 aliphatic heterocycles. The summed E-state index contributed by atoms with van der Waals surface area (Å²) in [6.45, 7) is 0. The first kappa shape index (κ1) is 17.5. The Morgan fingerprint density at radius 2 is 1.84 bits per heavy atom. The first-order chi connectivity index (χ1) is 12.1. The second-order valence-corrected chi connectivity index (χ2v) is 6.56. The number of methoxy groups -OCH3 is 2. The third-order valence-corrected chi connectivity index (χ3v) is 5.04. The lowest BCUT2D eigenvalue weighted by molar-refractivity contribution is -0.169. The van der Waals surface area contributed by atoms with Crippen molar-refractivity contribution in [2.24, 2.45) is 5.92 Å². The number of anilines is 1. The predicted molar refractivity (Wildman–Crippen MR) is 99.6 cm³/mol. The van der Waals surface area contributed by atoms with E-state index in [1.165, 1.54) is 7.11 Å². The van der Waals surface area contributed by atoms with Crippen molar-refractivity contribution in [3.63, 3.8) is 0 Å². The summed E-state index contributed by atoms with van der Waals surface area (Å²) in [4.78, 5) is 12.4. The Bertz CT molecular complexity index is 737. The number of carbonyl (C=O) groups excluding carboxylic acids is 1. The molecule has 132 valence electrons. The minimum Gasteiger partial charge on any atom is -0.467 e. The highest BCUT2D eigenvalue weighted by molar-refractivity contribution is 5.81. The molecule has 25 heavy (non-hydrogen) atoms. The van der Waals surface area contributed by atoms with Crippen molar-refractivity contribution in [3.05, 3.63) is 54.1 Å². The van der Waals surface area contributed by atoms with E-state index in [1.807, 2.05) is 19.2 Å². The summed E-state index contributed by atoms with van der Waals surface area (Å²) in [7, 11) is 4.94. The number of nitrogens with one attached hydrogen (secondary N) is 1. The third-order valence-electron chi connectivity index (χ3n) is 5.04. The Labute approximate surface area is 149 Å². The Kier molecular flexibility index (Phi) is 5.09. The molecule has 0 bridgehead atoms. The van der Waals surface area contributed by atoms with Crippen LogP contribution in [0.3, 0.4) is 0 Å². The van der Waals surface area contributed by atoms with Crippen LogP contribution in [0.1, 0.15) is 18.4 Å². The Hall–Kier alpha value is -2.33. The average Bonchev–Trinajstić information content (AvgIpc) is 3.51. The van der Waals surface area contributed by atoms with Crippen molar-refractivity contribution in [3.8, 4) is 11.1 Å². The SMILES string of the molecule is CNc1cccc(-c2ccc(C[C@@](OC)(C(=O)OC)C3CC3)cc2)c1. The van der Waals surface area contributed by atoms with Crippen molar-refractivity contribution in [1.29, 1.82) is 0 Å². The van der Waals surface area contributed by atoms with Crippen LogP contribution in [-0.4, -0.2) is 32.8 Å². The number of rotatable bonds is 7. The molecule has 0 spiro atoms. The fraction of sp³-hybridized carbons (Fsp3) is 0.381. The maximum atomic E-state index is 12.4. The molecule has 0 aromatic heterocycles. The molecule has 1 fully saturated rings. The molecule has 0 unspecified atom stereocenters. The van der Waals surface area contributed by atoms with Crippen molar-refractivity contribution in [1.82, 2.24) is 0 Å². The highest BCUT2D eigenvalue weighted by atomic mass is 16.6. The van der Waals surface area contributed by atoms with Crippen LogP contribution in [0, 0.1) is 5.92 Å². The summed E-state index contributed by atoms with van der Waals surface area (Å²) in [5, 5.41) is 3.16. The summed E-state index contributed by atoms with van der Waals surface area (Å²) in [6.07, 6.45) is 2.56. The third kappa shape index (κ3) is 3.54. The fourth-order valence-corrected chi connectivity index (χ4v) is 3.40. The fourth-order valence-electron chi connectivity index (χ4n) is 3.40. The quantitative estimate of drug-likeness (QED) is 0.777. The molecule has 2 aromatic rings. The number of ether oxygens (including phenoxy) is 2. The molecule has 0 amide bonds. The highest BCUT2D eigenvalue weighted by Crippen LogP contribution is 2.44. The molecule has 1 N–H and O–H groups in total. The van der Waals surface area contributed by atoms with Gasteiger partial charge in [0.15, 0.2) is 5.60 Å². The van der Waals surface area contributed by atoms with Gasteiger partial charge in [0.2, 0.25) is 0 Å². The Morgan fingerprint density at radius 3 is 2.40 bits per heavy atom. The molecule has 2 aromatic carbocycles. The summed E-state index contributed by atoms with van der Waals surface area (Å²) in [5.74, 6) is -0.0276. The minimum atomic E-state index is -0.859. The van der Waals surface area contributed by atoms with E-state index in [2.05, 4.69) is 41.7 Å². The molecule has 4 nitrogen and oxygen atoms in total. The zero-order chi connectivity index (χ0) is 17.9. The molecule has 4 heteroatoms. The van der Waals surface area contributed by atoms with E-state index in [-0.39, 0.29) is 11.9 Å². The van der Waals surface area contributed by atoms with Gasteiger partial charge in [-0.25, -0.2) is 4.79 Å². The number of benzene rings is 2. The van der Waals surface area contributed by atoms with Crippen LogP contribution in [0.25, 0.3) is 11.1 Å². The molecule has 3 rings (SSSR count). The molecule has 0 heterocycles. The maximum absolute atomic E-state index is 12.4. The molecule has 1 aliphatic rings. The van der Waals surface area contributed by atoms with Crippen LogP contribution in [0.5, 0.6) is 0 Å². The van der Waals surface area contributed by atoms with Crippen LogP contribution >= 0.6 is 0 Å². The predicted octanol–water partition coefficient (Wildman–Crippen LogP) is 3.91. The summed E-state index contributed by atoms with van der Waals surface area (Å²) < 4.78 is 10.7. The molecule has 1 atom stereocenters. The van der Waals surface area contributed by atoms with Gasteiger partial charge in [-0.2, -0.15) is 0 Å². The second-order valence-electron chi connectivity index (χ2n) is 6.56. The summed E-state index contributed by atoms with van der Waals surface area (Å²) >= 11 is 0. The van der Waals surface area contributed by atoms with Gasteiger partial charge >= 0.3 is 5.97 Å². The first-order valence-corrected chi connectivity index (χ1v) is 8.63. The van der Waals surface area contributed by atoms with E-state index in [0.29, 0.717) is 6.42 Å². The van der Waals surface area contributed by atoms with Gasteiger partial charge in [0.05, 0.1) is 7.11 Å². The van der Waals surface area contributed by atoms with Gasteiger partial charge in [-0.15, -0.1) is 0 Å². The van der Waals surface area contributed by atoms with Gasteiger partial charge in [-0.1, -0.05) is 36.4 Å². The van der Waals surface area contributed by atoms with Crippen molar-refractivity contribution in [2.75, 3.05) is 26.6 Å². The average molecular weight is 339 g/mol.